The van der Waals surface area contributed by atoms with Crippen molar-refractivity contribution < 1.29 is 27.8 Å². The smallest absolute Gasteiger partial charge is 0.257 e. The number of carbonyl (C=O) groups excluding carboxylic acids is 2. The molecule has 0 spiro atoms. The van der Waals surface area contributed by atoms with Crippen molar-refractivity contribution in [2.45, 2.75) is 26.4 Å². The van der Waals surface area contributed by atoms with Gasteiger partial charge in [-0.2, -0.15) is 0 Å². The minimum Gasteiger partial charge on any atom is -0.454 e. The Balaban J connectivity index is 1.35. The van der Waals surface area contributed by atoms with E-state index in [-0.39, 0.29) is 18.6 Å². The Kier molecular flexibility index (Phi) is 6.78. The van der Waals surface area contributed by atoms with Crippen molar-refractivity contribution in [1.82, 2.24) is 15.1 Å². The van der Waals surface area contributed by atoms with Crippen LogP contribution in [0.25, 0.3) is 0 Å². The summed E-state index contributed by atoms with van der Waals surface area (Å²) in [6.45, 7) is 6.86. The van der Waals surface area contributed by atoms with Gasteiger partial charge in [0.05, 0.1) is 0 Å². The molecule has 1 saturated heterocycles. The molecule has 2 aliphatic rings. The van der Waals surface area contributed by atoms with E-state index in [1.165, 1.54) is 6.07 Å². The van der Waals surface area contributed by atoms with Gasteiger partial charge in [0.25, 0.3) is 5.91 Å². The van der Waals surface area contributed by atoms with Gasteiger partial charge in [0.1, 0.15) is 23.2 Å². The highest BCUT2D eigenvalue weighted by molar-refractivity contribution is 5.98. The van der Waals surface area contributed by atoms with Crippen LogP contribution in [0.2, 0.25) is 0 Å². The lowest BCUT2D eigenvalue weighted by Crippen LogP contribution is -2.56. The molecule has 2 aliphatic heterocycles. The van der Waals surface area contributed by atoms with E-state index in [2.05, 4.69) is 10.2 Å². The van der Waals surface area contributed by atoms with Crippen LogP contribution in [0.5, 0.6) is 11.5 Å². The number of carbonyl (C=O) groups is 2. The maximum Gasteiger partial charge on any atom is 0.257 e. The molecule has 1 atom stereocenters. The van der Waals surface area contributed by atoms with Crippen LogP contribution in [0.1, 0.15) is 29.8 Å². The second-order valence-electron chi connectivity index (χ2n) is 8.58. The third-order valence-corrected chi connectivity index (χ3v) is 5.94. The molecule has 33 heavy (non-hydrogen) atoms. The molecule has 1 fully saturated rings. The molecule has 0 bridgehead atoms. The van der Waals surface area contributed by atoms with E-state index >= 15 is 0 Å². The lowest BCUT2D eigenvalue weighted by molar-refractivity contribution is -0.136. The van der Waals surface area contributed by atoms with E-state index in [0.717, 1.165) is 35.7 Å². The minimum atomic E-state index is -0.959. The minimum absolute atomic E-state index is 0.233. The summed E-state index contributed by atoms with van der Waals surface area (Å²) in [4.78, 5) is 29.6. The highest BCUT2D eigenvalue weighted by atomic mass is 19.1. The van der Waals surface area contributed by atoms with Gasteiger partial charge in [0.2, 0.25) is 12.7 Å². The van der Waals surface area contributed by atoms with Crippen molar-refractivity contribution in [2.24, 2.45) is 5.92 Å². The number of hydrogen-bond donors (Lipinski definition) is 1. The molecule has 1 N–H and O–H groups in total. The summed E-state index contributed by atoms with van der Waals surface area (Å²) in [6.07, 6.45) is 0. The number of nitrogens with zero attached hydrogens (tertiary/aromatic N) is 2. The predicted molar refractivity (Wildman–Crippen MR) is 117 cm³/mol. The first-order valence-electron chi connectivity index (χ1n) is 11.0. The zero-order valence-electron chi connectivity index (χ0n) is 18.6. The van der Waals surface area contributed by atoms with Crippen LogP contribution in [0.3, 0.4) is 0 Å². The average Bonchev–Trinajstić information content (AvgIpc) is 3.25. The Morgan fingerprint density at radius 1 is 1.00 bits per heavy atom. The summed E-state index contributed by atoms with van der Waals surface area (Å²) >= 11 is 0. The molecule has 4 rings (SSSR count). The van der Waals surface area contributed by atoms with Crippen molar-refractivity contribution in [2.75, 3.05) is 33.0 Å². The van der Waals surface area contributed by atoms with E-state index in [1.807, 2.05) is 18.2 Å². The van der Waals surface area contributed by atoms with Crippen LogP contribution in [-0.4, -0.2) is 60.6 Å². The first kappa shape index (κ1) is 23.0. The molecule has 7 nitrogen and oxygen atoms in total. The number of nitrogens with one attached hydrogen (secondary N) is 1. The van der Waals surface area contributed by atoms with E-state index in [1.54, 1.807) is 18.7 Å². The third-order valence-electron chi connectivity index (χ3n) is 5.94. The maximum atomic E-state index is 14.0. The fourth-order valence-electron chi connectivity index (χ4n) is 4.06. The van der Waals surface area contributed by atoms with Gasteiger partial charge in [-0.05, 0) is 35.7 Å². The molecule has 2 aromatic rings. The summed E-state index contributed by atoms with van der Waals surface area (Å²) in [7, 11) is 0. The number of rotatable bonds is 6. The molecular weight excluding hydrogens is 432 g/mol. The normalized spacial score (nSPS) is 16.7. The van der Waals surface area contributed by atoms with Crippen molar-refractivity contribution in [1.29, 1.82) is 0 Å². The lowest BCUT2D eigenvalue weighted by Gasteiger charge is -2.37. The average molecular weight is 459 g/mol. The Morgan fingerprint density at radius 3 is 2.33 bits per heavy atom. The van der Waals surface area contributed by atoms with E-state index in [0.29, 0.717) is 26.2 Å². The van der Waals surface area contributed by atoms with Crippen LogP contribution in [-0.2, 0) is 11.3 Å². The molecule has 0 unspecified atom stereocenters. The van der Waals surface area contributed by atoms with Crippen LogP contribution in [0.15, 0.2) is 36.4 Å². The molecule has 0 saturated carbocycles. The number of ether oxygens (including phenoxy) is 2. The molecule has 2 amide bonds. The van der Waals surface area contributed by atoms with Gasteiger partial charge in [0.15, 0.2) is 11.5 Å². The monoisotopic (exact) mass is 459 g/mol. The maximum absolute atomic E-state index is 14.0. The summed E-state index contributed by atoms with van der Waals surface area (Å²) < 4.78 is 38.7. The van der Waals surface area contributed by atoms with Gasteiger partial charge >= 0.3 is 0 Å². The van der Waals surface area contributed by atoms with Gasteiger partial charge in [0, 0.05) is 32.7 Å². The standard InChI is InChI=1S/C24H27F2N3O4/c1-15(2)22(27-23(30)21-17(25)4-3-5-18(21)26)24(31)29-10-8-28(9-11-29)13-16-6-7-19-20(12-16)33-14-32-19/h3-7,12,15,22H,8-11,13-14H2,1-2H3,(H,27,30)/t22-/m0/s1. The molecule has 2 heterocycles. The Labute approximate surface area is 191 Å². The highest BCUT2D eigenvalue weighted by Crippen LogP contribution is 2.32. The molecule has 9 heteroatoms. The molecule has 0 aromatic heterocycles. The first-order valence-corrected chi connectivity index (χ1v) is 11.0. The number of halogens is 2. The second kappa shape index (κ2) is 9.74. The SMILES string of the molecule is CC(C)[C@H](NC(=O)c1c(F)cccc1F)C(=O)N1CCN(Cc2ccc3c(c2)OCO3)CC1. The topological polar surface area (TPSA) is 71.1 Å². The Morgan fingerprint density at radius 2 is 1.67 bits per heavy atom. The number of piperazine rings is 1. The van der Waals surface area contributed by atoms with Crippen molar-refractivity contribution in [3.63, 3.8) is 0 Å². The Bertz CT molecular complexity index is 1020. The predicted octanol–water partition coefficient (Wildman–Crippen LogP) is 2.79. The van der Waals surface area contributed by atoms with Crippen molar-refractivity contribution in [3.05, 3.63) is 59.2 Å². The van der Waals surface area contributed by atoms with Crippen LogP contribution in [0, 0.1) is 17.6 Å². The quantitative estimate of drug-likeness (QED) is 0.720. The summed E-state index contributed by atoms with van der Waals surface area (Å²) in [5.41, 5.74) is 0.419. The van der Waals surface area contributed by atoms with E-state index in [4.69, 9.17) is 9.47 Å². The zero-order valence-corrected chi connectivity index (χ0v) is 18.6. The van der Waals surface area contributed by atoms with E-state index in [9.17, 15) is 18.4 Å². The molecular formula is C24H27F2N3O4. The van der Waals surface area contributed by atoms with Gasteiger partial charge < -0.3 is 19.7 Å². The third kappa shape index (κ3) is 5.08. The second-order valence-corrected chi connectivity index (χ2v) is 8.58. The summed E-state index contributed by atoms with van der Waals surface area (Å²) in [6, 6.07) is 8.20. The molecule has 0 aliphatic carbocycles. The largest absolute Gasteiger partial charge is 0.454 e. The Hall–Kier alpha value is -3.20. The summed E-state index contributed by atoms with van der Waals surface area (Å²) in [5, 5.41) is 2.54. The number of hydrogen-bond acceptors (Lipinski definition) is 5. The number of benzene rings is 2. The van der Waals surface area contributed by atoms with Gasteiger partial charge in [-0.3, -0.25) is 14.5 Å². The van der Waals surface area contributed by atoms with Crippen LogP contribution in [0.4, 0.5) is 8.78 Å². The lowest BCUT2D eigenvalue weighted by atomic mass is 10.0. The van der Waals surface area contributed by atoms with Gasteiger partial charge in [-0.15, -0.1) is 0 Å². The fraction of sp³-hybridized carbons (Fsp3) is 0.417. The first-order chi connectivity index (χ1) is 15.8. The molecule has 176 valence electrons. The molecule has 0 radical (unpaired) electrons. The van der Waals surface area contributed by atoms with E-state index < -0.39 is 29.1 Å². The summed E-state index contributed by atoms with van der Waals surface area (Å²) in [5.74, 6) is -1.87. The molecule has 2 aromatic carbocycles. The van der Waals surface area contributed by atoms with Crippen LogP contribution >= 0.6 is 0 Å². The van der Waals surface area contributed by atoms with Gasteiger partial charge in [-0.25, -0.2) is 8.78 Å². The van der Waals surface area contributed by atoms with Crippen molar-refractivity contribution >= 4 is 11.8 Å². The number of amides is 2. The zero-order chi connectivity index (χ0) is 23.5. The van der Waals surface area contributed by atoms with Crippen molar-refractivity contribution in [3.8, 4) is 11.5 Å². The highest BCUT2D eigenvalue weighted by Gasteiger charge is 2.32. The number of fused-ring (bicyclic) bond motifs is 1. The van der Waals surface area contributed by atoms with Gasteiger partial charge in [-0.1, -0.05) is 26.0 Å². The van der Waals surface area contributed by atoms with Crippen LogP contribution < -0.4 is 14.8 Å². The fourth-order valence-corrected chi connectivity index (χ4v) is 4.06.